The van der Waals surface area contributed by atoms with Crippen LogP contribution < -0.4 is 10.6 Å². The summed E-state index contributed by atoms with van der Waals surface area (Å²) in [5.41, 5.74) is 0.555. The Morgan fingerprint density at radius 1 is 0.933 bits per heavy atom. The molecular formula is C21H30N2O7. The number of esters is 2. The van der Waals surface area contributed by atoms with Gasteiger partial charge in [-0.3, -0.25) is 19.7 Å². The molecule has 9 nitrogen and oxygen atoms in total. The lowest BCUT2D eigenvalue weighted by Crippen LogP contribution is -2.30. The fourth-order valence-corrected chi connectivity index (χ4v) is 2.48. The zero-order valence-corrected chi connectivity index (χ0v) is 18.1. The molecule has 0 saturated heterocycles. The summed E-state index contributed by atoms with van der Waals surface area (Å²) in [5, 5.41) is 5.40. The average Bonchev–Trinajstić information content (AvgIpc) is 2.66. The van der Waals surface area contributed by atoms with Crippen molar-refractivity contribution >= 4 is 29.6 Å². The third kappa shape index (κ3) is 9.90. The van der Waals surface area contributed by atoms with Gasteiger partial charge in [-0.05, 0) is 44.9 Å². The van der Waals surface area contributed by atoms with Crippen LogP contribution in [0.2, 0.25) is 0 Å². The maximum Gasteiger partial charge on any atom is 0.412 e. The van der Waals surface area contributed by atoms with Gasteiger partial charge in [0.1, 0.15) is 5.60 Å². The van der Waals surface area contributed by atoms with Gasteiger partial charge in [0.05, 0.1) is 26.7 Å². The smallest absolute Gasteiger partial charge is 0.412 e. The lowest BCUT2D eigenvalue weighted by molar-refractivity contribution is -0.141. The van der Waals surface area contributed by atoms with Crippen molar-refractivity contribution in [2.45, 2.75) is 58.1 Å². The Hall–Kier alpha value is -3.10. The Bertz CT molecular complexity index is 739. The molecule has 1 rings (SSSR count). The molecule has 1 unspecified atom stereocenters. The molecule has 30 heavy (non-hydrogen) atoms. The number of carbonyl (C=O) groups excluding carboxylic acids is 4. The van der Waals surface area contributed by atoms with Crippen molar-refractivity contribution in [3.05, 3.63) is 29.8 Å². The molecule has 0 spiro atoms. The second kappa shape index (κ2) is 11.8. The van der Waals surface area contributed by atoms with Gasteiger partial charge in [0, 0.05) is 18.5 Å². The Labute approximate surface area is 176 Å². The Morgan fingerprint density at radius 3 is 2.07 bits per heavy atom. The van der Waals surface area contributed by atoms with Crippen molar-refractivity contribution in [2.24, 2.45) is 0 Å². The Morgan fingerprint density at radius 2 is 1.53 bits per heavy atom. The zero-order chi connectivity index (χ0) is 22.7. The first-order valence-electron chi connectivity index (χ1n) is 9.57. The maximum absolute atomic E-state index is 12.2. The van der Waals surface area contributed by atoms with Crippen LogP contribution in [0.3, 0.4) is 0 Å². The highest BCUT2D eigenvalue weighted by Crippen LogP contribution is 2.21. The van der Waals surface area contributed by atoms with Gasteiger partial charge in [0.25, 0.3) is 0 Å². The van der Waals surface area contributed by atoms with Gasteiger partial charge >= 0.3 is 18.0 Å². The van der Waals surface area contributed by atoms with E-state index in [1.54, 1.807) is 45.0 Å². The first-order valence-corrected chi connectivity index (χ1v) is 9.57. The lowest BCUT2D eigenvalue weighted by atomic mass is 10.0. The lowest BCUT2D eigenvalue weighted by Gasteiger charge is -2.20. The van der Waals surface area contributed by atoms with Crippen LogP contribution in [0.5, 0.6) is 0 Å². The molecule has 1 atom stereocenters. The molecule has 0 heterocycles. The third-order valence-corrected chi connectivity index (χ3v) is 3.90. The molecule has 0 radical (unpaired) electrons. The minimum atomic E-state index is -0.617. The van der Waals surface area contributed by atoms with Crippen molar-refractivity contribution in [3.63, 3.8) is 0 Å². The summed E-state index contributed by atoms with van der Waals surface area (Å²) < 4.78 is 14.5. The van der Waals surface area contributed by atoms with E-state index in [9.17, 15) is 19.2 Å². The summed E-state index contributed by atoms with van der Waals surface area (Å²) in [6, 6.07) is 6.06. The second-order valence-electron chi connectivity index (χ2n) is 7.58. The highest BCUT2D eigenvalue weighted by molar-refractivity contribution is 5.85. The van der Waals surface area contributed by atoms with Crippen LogP contribution in [0.4, 0.5) is 10.5 Å². The largest absolute Gasteiger partial charge is 0.469 e. The van der Waals surface area contributed by atoms with Crippen LogP contribution in [0, 0.1) is 0 Å². The Kier molecular flexibility index (Phi) is 9.80. The van der Waals surface area contributed by atoms with Crippen LogP contribution >= 0.6 is 0 Å². The molecule has 1 aromatic carbocycles. The summed E-state index contributed by atoms with van der Waals surface area (Å²) in [5.74, 6) is -1.17. The monoisotopic (exact) mass is 422 g/mol. The molecule has 0 aliphatic rings. The third-order valence-electron chi connectivity index (χ3n) is 3.90. The number of ether oxygens (including phenoxy) is 3. The highest BCUT2D eigenvalue weighted by atomic mass is 16.6. The first-order chi connectivity index (χ1) is 14.0. The molecule has 0 aliphatic carbocycles. The fourth-order valence-electron chi connectivity index (χ4n) is 2.48. The number of hydrogen-bond donors (Lipinski definition) is 2. The highest BCUT2D eigenvalue weighted by Gasteiger charge is 2.20. The molecule has 0 aliphatic heterocycles. The Balaban J connectivity index is 2.77. The molecule has 166 valence electrons. The molecule has 1 aromatic rings. The molecule has 2 N–H and O–H groups in total. The van der Waals surface area contributed by atoms with E-state index in [0.29, 0.717) is 17.7 Å². The minimum Gasteiger partial charge on any atom is -0.469 e. The van der Waals surface area contributed by atoms with E-state index >= 15 is 0 Å². The molecule has 0 aromatic heterocycles. The van der Waals surface area contributed by atoms with Gasteiger partial charge in [-0.2, -0.15) is 0 Å². The van der Waals surface area contributed by atoms with Crippen molar-refractivity contribution in [1.82, 2.24) is 5.32 Å². The summed E-state index contributed by atoms with van der Waals surface area (Å²) in [4.78, 5) is 47.0. The molecule has 9 heteroatoms. The fraction of sp³-hybridized carbons (Fsp3) is 0.524. The van der Waals surface area contributed by atoms with Crippen LogP contribution in [0.25, 0.3) is 0 Å². The number of rotatable bonds is 9. The van der Waals surface area contributed by atoms with E-state index in [-0.39, 0.29) is 31.1 Å². The van der Waals surface area contributed by atoms with Crippen LogP contribution in [-0.2, 0) is 28.6 Å². The zero-order valence-electron chi connectivity index (χ0n) is 18.1. The van der Waals surface area contributed by atoms with Crippen LogP contribution in [0.15, 0.2) is 24.3 Å². The van der Waals surface area contributed by atoms with Gasteiger partial charge in [-0.1, -0.05) is 12.1 Å². The molecule has 0 saturated carbocycles. The predicted molar refractivity (Wildman–Crippen MR) is 110 cm³/mol. The predicted octanol–water partition coefficient (Wildman–Crippen LogP) is 3.10. The normalized spacial score (nSPS) is 11.8. The topological polar surface area (TPSA) is 120 Å². The molecular weight excluding hydrogens is 392 g/mol. The number of anilines is 1. The molecule has 0 bridgehead atoms. The van der Waals surface area contributed by atoms with Crippen molar-refractivity contribution < 1.29 is 33.4 Å². The van der Waals surface area contributed by atoms with E-state index in [1.807, 2.05) is 0 Å². The summed E-state index contributed by atoms with van der Waals surface area (Å²) in [6.07, 6.45) is -0.0534. The van der Waals surface area contributed by atoms with Crippen LogP contribution in [0.1, 0.15) is 58.1 Å². The number of carbonyl (C=O) groups is 4. The van der Waals surface area contributed by atoms with E-state index < -0.39 is 23.7 Å². The van der Waals surface area contributed by atoms with Gasteiger partial charge in [0.15, 0.2) is 0 Å². The van der Waals surface area contributed by atoms with E-state index in [0.717, 1.165) is 0 Å². The van der Waals surface area contributed by atoms with E-state index in [4.69, 9.17) is 9.47 Å². The van der Waals surface area contributed by atoms with Crippen LogP contribution in [-0.4, -0.2) is 43.8 Å². The quantitative estimate of drug-likeness (QED) is 0.463. The first kappa shape index (κ1) is 24.9. The van der Waals surface area contributed by atoms with Crippen molar-refractivity contribution in [2.75, 3.05) is 19.5 Å². The van der Waals surface area contributed by atoms with Crippen molar-refractivity contribution in [1.29, 1.82) is 0 Å². The standard InChI is InChI=1S/C21H30N2O7/c1-21(2,3)30-20(27)22-15-11-9-14(10-12-15)16(13-19(26)29-5)23-17(24)7-6-8-18(25)28-4/h9-12,16H,6-8,13H2,1-5H3,(H,22,27)(H,23,24). The molecule has 2 amide bonds. The van der Waals surface area contributed by atoms with Gasteiger partial charge in [-0.25, -0.2) is 4.79 Å². The van der Waals surface area contributed by atoms with Gasteiger partial charge < -0.3 is 19.5 Å². The summed E-state index contributed by atoms with van der Waals surface area (Å²) in [6.45, 7) is 5.29. The summed E-state index contributed by atoms with van der Waals surface area (Å²) in [7, 11) is 2.56. The number of amides is 2. The average molecular weight is 422 g/mol. The van der Waals surface area contributed by atoms with E-state index in [2.05, 4.69) is 15.4 Å². The minimum absolute atomic E-state index is 0.0575. The number of methoxy groups -OCH3 is 2. The number of benzene rings is 1. The number of hydrogen-bond acceptors (Lipinski definition) is 7. The van der Waals surface area contributed by atoms with Gasteiger partial charge in [0.2, 0.25) is 5.91 Å². The van der Waals surface area contributed by atoms with Crippen molar-refractivity contribution in [3.8, 4) is 0 Å². The number of nitrogens with one attached hydrogen (secondary N) is 2. The van der Waals surface area contributed by atoms with E-state index in [1.165, 1.54) is 14.2 Å². The SMILES string of the molecule is COC(=O)CCCC(=O)NC(CC(=O)OC)c1ccc(NC(=O)OC(C)(C)C)cc1. The second-order valence-corrected chi connectivity index (χ2v) is 7.58. The maximum atomic E-state index is 12.2. The summed E-state index contributed by atoms with van der Waals surface area (Å²) >= 11 is 0. The van der Waals surface area contributed by atoms with Gasteiger partial charge in [-0.15, -0.1) is 0 Å². The molecule has 0 fully saturated rings.